The number of cyclic esters (lactones) is 1. The molecule has 4 rings (SSSR count). The van der Waals surface area contributed by atoms with E-state index < -0.39 is 23.8 Å². The van der Waals surface area contributed by atoms with Gasteiger partial charge in [0.2, 0.25) is 5.91 Å². The van der Waals surface area contributed by atoms with Crippen LogP contribution in [0, 0.1) is 17.8 Å². The molecule has 2 bridgehead atoms. The Kier molecular flexibility index (Phi) is 2.82. The predicted molar refractivity (Wildman–Crippen MR) is 73.4 cm³/mol. The van der Waals surface area contributed by atoms with Gasteiger partial charge in [-0.2, -0.15) is 0 Å². The fourth-order valence-corrected chi connectivity index (χ4v) is 4.63. The van der Waals surface area contributed by atoms with Crippen molar-refractivity contribution in [3.8, 4) is 0 Å². The molecule has 0 N–H and O–H groups in total. The van der Waals surface area contributed by atoms with Crippen molar-refractivity contribution < 1.29 is 23.9 Å². The molecule has 0 radical (unpaired) electrons. The van der Waals surface area contributed by atoms with Crippen molar-refractivity contribution in [3.63, 3.8) is 0 Å². The molecule has 3 amide bonds. The van der Waals surface area contributed by atoms with E-state index in [-0.39, 0.29) is 36.8 Å². The van der Waals surface area contributed by atoms with Crippen LogP contribution in [-0.2, 0) is 19.1 Å². The maximum absolute atomic E-state index is 13.0. The quantitative estimate of drug-likeness (QED) is 0.746. The molecular weight excluding hydrogens is 288 g/mol. The van der Waals surface area contributed by atoms with E-state index in [0.717, 1.165) is 6.42 Å². The number of hydrogen-bond acceptors (Lipinski definition) is 5. The summed E-state index contributed by atoms with van der Waals surface area (Å²) in [4.78, 5) is 40.2. The van der Waals surface area contributed by atoms with E-state index in [1.807, 2.05) is 13.8 Å². The third kappa shape index (κ3) is 1.52. The van der Waals surface area contributed by atoms with Crippen LogP contribution in [0.25, 0.3) is 0 Å². The highest BCUT2D eigenvalue weighted by molar-refractivity contribution is 5.98. The third-order valence-corrected chi connectivity index (χ3v) is 5.50. The van der Waals surface area contributed by atoms with Crippen molar-refractivity contribution in [1.29, 1.82) is 0 Å². The molecule has 0 aliphatic carbocycles. The van der Waals surface area contributed by atoms with Gasteiger partial charge in [-0.1, -0.05) is 13.8 Å². The van der Waals surface area contributed by atoms with Gasteiger partial charge in [0.25, 0.3) is 5.91 Å². The molecule has 4 aliphatic rings. The van der Waals surface area contributed by atoms with Gasteiger partial charge in [0.1, 0.15) is 12.7 Å². The minimum absolute atomic E-state index is 0.00393. The van der Waals surface area contributed by atoms with Crippen LogP contribution in [0.15, 0.2) is 0 Å². The van der Waals surface area contributed by atoms with Gasteiger partial charge in [-0.3, -0.25) is 9.59 Å². The minimum atomic E-state index is -0.837. The molecule has 4 fully saturated rings. The van der Waals surface area contributed by atoms with E-state index in [0.29, 0.717) is 13.0 Å². The monoisotopic (exact) mass is 308 g/mol. The molecule has 4 saturated heterocycles. The van der Waals surface area contributed by atoms with Gasteiger partial charge in [0.15, 0.2) is 5.72 Å². The van der Waals surface area contributed by atoms with Gasteiger partial charge in [-0.15, -0.1) is 0 Å². The molecule has 0 aromatic carbocycles. The molecule has 4 heterocycles. The van der Waals surface area contributed by atoms with Gasteiger partial charge in [0.05, 0.1) is 12.5 Å². The van der Waals surface area contributed by atoms with Crippen LogP contribution in [0.2, 0.25) is 0 Å². The summed E-state index contributed by atoms with van der Waals surface area (Å²) in [5.41, 5.74) is -0.837. The second kappa shape index (κ2) is 4.44. The molecule has 0 unspecified atom stereocenters. The van der Waals surface area contributed by atoms with E-state index >= 15 is 0 Å². The molecule has 4 atom stereocenters. The Morgan fingerprint density at radius 2 is 2.09 bits per heavy atom. The Morgan fingerprint density at radius 1 is 1.32 bits per heavy atom. The maximum Gasteiger partial charge on any atom is 0.416 e. The largest absolute Gasteiger partial charge is 0.447 e. The summed E-state index contributed by atoms with van der Waals surface area (Å²) in [6.45, 7) is 5.16. The normalized spacial score (nSPS) is 39.9. The number of hydrogen-bond donors (Lipinski definition) is 0. The zero-order valence-corrected chi connectivity index (χ0v) is 12.8. The summed E-state index contributed by atoms with van der Waals surface area (Å²) >= 11 is 0. The Labute approximate surface area is 128 Å². The molecule has 7 nitrogen and oxygen atoms in total. The first-order valence-electron chi connectivity index (χ1n) is 7.95. The van der Waals surface area contributed by atoms with Crippen molar-refractivity contribution in [1.82, 2.24) is 9.80 Å². The van der Waals surface area contributed by atoms with Crippen LogP contribution in [0.3, 0.4) is 0 Å². The zero-order valence-electron chi connectivity index (χ0n) is 12.8. The van der Waals surface area contributed by atoms with E-state index in [1.165, 1.54) is 4.90 Å². The SMILES string of the molecule is CC(C)[C@H]1[C@H]2O[C@@]3(CCCN3C2=O)[C@H]1C(=O)N1CCOC1=O. The number of fused-ring (bicyclic) bond motifs is 1. The van der Waals surface area contributed by atoms with Crippen LogP contribution < -0.4 is 0 Å². The van der Waals surface area contributed by atoms with Gasteiger partial charge in [0, 0.05) is 12.5 Å². The molecule has 7 heteroatoms. The van der Waals surface area contributed by atoms with Crippen LogP contribution in [-0.4, -0.2) is 59.2 Å². The molecule has 0 aromatic rings. The summed E-state index contributed by atoms with van der Waals surface area (Å²) in [5.74, 6) is -0.762. The molecule has 22 heavy (non-hydrogen) atoms. The number of carbonyl (C=O) groups excluding carboxylic acids is 3. The first kappa shape index (κ1) is 14.0. The maximum atomic E-state index is 13.0. The second-order valence-corrected chi connectivity index (χ2v) is 6.88. The highest BCUT2D eigenvalue weighted by Gasteiger charge is 2.72. The van der Waals surface area contributed by atoms with E-state index in [1.54, 1.807) is 4.90 Å². The summed E-state index contributed by atoms with van der Waals surface area (Å²) in [5, 5.41) is 0. The van der Waals surface area contributed by atoms with Crippen LogP contribution in [0.5, 0.6) is 0 Å². The van der Waals surface area contributed by atoms with Crippen molar-refractivity contribution in [2.24, 2.45) is 17.8 Å². The number of amides is 3. The number of carbonyl (C=O) groups is 3. The number of nitrogens with zero attached hydrogens (tertiary/aromatic N) is 2. The lowest BCUT2D eigenvalue weighted by atomic mass is 9.73. The molecular formula is C15H20N2O5. The first-order valence-corrected chi connectivity index (χ1v) is 7.95. The Bertz CT molecular complexity index is 562. The summed E-state index contributed by atoms with van der Waals surface area (Å²) in [6.07, 6.45) is 0.366. The molecule has 0 aromatic heterocycles. The molecule has 0 saturated carbocycles. The van der Waals surface area contributed by atoms with Gasteiger partial charge < -0.3 is 14.4 Å². The lowest BCUT2D eigenvalue weighted by Gasteiger charge is -2.40. The van der Waals surface area contributed by atoms with Crippen molar-refractivity contribution in [2.45, 2.75) is 38.5 Å². The number of ether oxygens (including phenoxy) is 2. The molecule has 4 aliphatic heterocycles. The summed E-state index contributed by atoms with van der Waals surface area (Å²) in [7, 11) is 0. The smallest absolute Gasteiger partial charge is 0.416 e. The lowest BCUT2D eigenvalue weighted by molar-refractivity contribution is -0.152. The fraction of sp³-hybridized carbons (Fsp3) is 0.800. The molecule has 120 valence electrons. The van der Waals surface area contributed by atoms with E-state index in [4.69, 9.17) is 9.47 Å². The third-order valence-electron chi connectivity index (χ3n) is 5.50. The Balaban J connectivity index is 1.74. The van der Waals surface area contributed by atoms with Gasteiger partial charge >= 0.3 is 6.09 Å². The van der Waals surface area contributed by atoms with Crippen LogP contribution >= 0.6 is 0 Å². The number of imide groups is 1. The van der Waals surface area contributed by atoms with Crippen LogP contribution in [0.1, 0.15) is 26.7 Å². The average Bonchev–Trinajstić information content (AvgIpc) is 3.18. The van der Waals surface area contributed by atoms with E-state index in [2.05, 4.69) is 0 Å². The van der Waals surface area contributed by atoms with E-state index in [9.17, 15) is 14.4 Å². The highest BCUT2D eigenvalue weighted by atomic mass is 16.6. The standard InChI is InChI=1S/C15H20N2O5/c1-8(2)9-10(12(18)16-6-7-21-14(16)20)15-4-3-5-17(15)13(19)11(9)22-15/h8-11H,3-7H2,1-2H3/t9-,10-,11-,15+/m1/s1. The number of rotatable bonds is 2. The average molecular weight is 308 g/mol. The zero-order chi connectivity index (χ0) is 15.6. The van der Waals surface area contributed by atoms with Gasteiger partial charge in [-0.05, 0) is 18.8 Å². The summed E-state index contributed by atoms with van der Waals surface area (Å²) < 4.78 is 11.0. The van der Waals surface area contributed by atoms with Gasteiger partial charge in [-0.25, -0.2) is 9.69 Å². The molecule has 1 spiro atoms. The Morgan fingerprint density at radius 3 is 2.73 bits per heavy atom. The van der Waals surface area contributed by atoms with Crippen LogP contribution in [0.4, 0.5) is 4.79 Å². The number of piperidine rings is 1. The predicted octanol–water partition coefficient (Wildman–Crippen LogP) is 0.585. The minimum Gasteiger partial charge on any atom is -0.447 e. The lowest BCUT2D eigenvalue weighted by Crippen LogP contribution is -2.59. The second-order valence-electron chi connectivity index (χ2n) is 6.88. The van der Waals surface area contributed by atoms with Crippen molar-refractivity contribution >= 4 is 17.9 Å². The highest BCUT2D eigenvalue weighted by Crippen LogP contribution is 2.57. The fourth-order valence-electron chi connectivity index (χ4n) is 4.63. The Hall–Kier alpha value is -1.63. The first-order chi connectivity index (χ1) is 10.5. The topological polar surface area (TPSA) is 76.2 Å². The van der Waals surface area contributed by atoms with Crippen molar-refractivity contribution in [3.05, 3.63) is 0 Å². The van der Waals surface area contributed by atoms with Crippen molar-refractivity contribution in [2.75, 3.05) is 19.7 Å². The summed E-state index contributed by atoms with van der Waals surface area (Å²) in [6, 6.07) is 0.